The molecule has 0 bridgehead atoms. The van der Waals surface area contributed by atoms with Crippen LogP contribution in [0.2, 0.25) is 0 Å². The Hall–Kier alpha value is -1.34. The molecular weight excluding hydrogens is 320 g/mol. The molecule has 142 valence electrons. The standard InChI is InChI=1S/C18H32N4O3/c23-17(24)6-11-20-9-4-16(5-10-20)22-14-13-21(18(22)25)12-3-15-1-7-19-8-2-15/h15-16,19H,1-14H2,(H,23,24). The number of aliphatic carboxylic acids is 1. The lowest BCUT2D eigenvalue weighted by atomic mass is 9.94. The molecule has 3 heterocycles. The van der Waals surface area contributed by atoms with Crippen molar-refractivity contribution in [2.45, 2.75) is 44.6 Å². The van der Waals surface area contributed by atoms with E-state index in [9.17, 15) is 9.59 Å². The normalized spacial score (nSPS) is 24.2. The van der Waals surface area contributed by atoms with Crippen LogP contribution in [0.25, 0.3) is 0 Å². The highest BCUT2D eigenvalue weighted by atomic mass is 16.4. The first-order chi connectivity index (χ1) is 12.1. The molecule has 3 aliphatic rings. The minimum atomic E-state index is -0.735. The summed E-state index contributed by atoms with van der Waals surface area (Å²) >= 11 is 0. The van der Waals surface area contributed by atoms with Gasteiger partial charge in [0.2, 0.25) is 0 Å². The molecule has 0 saturated carbocycles. The fraction of sp³-hybridized carbons (Fsp3) is 0.889. The summed E-state index contributed by atoms with van der Waals surface area (Å²) in [6, 6.07) is 0.551. The number of urea groups is 1. The molecule has 25 heavy (non-hydrogen) atoms. The average Bonchev–Trinajstić information content (AvgIpc) is 3.00. The number of carbonyl (C=O) groups excluding carboxylic acids is 1. The van der Waals surface area contributed by atoms with Crippen molar-refractivity contribution in [2.24, 2.45) is 5.92 Å². The number of carboxylic acids is 1. The number of hydrogen-bond donors (Lipinski definition) is 2. The molecule has 0 radical (unpaired) electrons. The van der Waals surface area contributed by atoms with Gasteiger partial charge in [-0.15, -0.1) is 0 Å². The Morgan fingerprint density at radius 3 is 2.44 bits per heavy atom. The second kappa shape index (κ2) is 8.85. The van der Waals surface area contributed by atoms with Gasteiger partial charge in [-0.3, -0.25) is 4.79 Å². The maximum atomic E-state index is 12.7. The lowest BCUT2D eigenvalue weighted by Crippen LogP contribution is -2.47. The molecule has 0 aliphatic carbocycles. The molecule has 0 spiro atoms. The maximum Gasteiger partial charge on any atom is 0.320 e. The van der Waals surface area contributed by atoms with Crippen molar-refractivity contribution in [2.75, 3.05) is 52.4 Å². The highest BCUT2D eigenvalue weighted by Gasteiger charge is 2.35. The van der Waals surface area contributed by atoms with Crippen molar-refractivity contribution in [3.05, 3.63) is 0 Å². The molecule has 3 rings (SSSR count). The molecule has 0 aromatic heterocycles. The smallest absolute Gasteiger partial charge is 0.320 e. The molecule has 7 nitrogen and oxygen atoms in total. The minimum absolute atomic E-state index is 0.206. The number of likely N-dealkylation sites (tertiary alicyclic amines) is 1. The largest absolute Gasteiger partial charge is 0.481 e. The van der Waals surface area contributed by atoms with Crippen LogP contribution in [-0.4, -0.2) is 90.2 Å². The molecule has 3 fully saturated rings. The van der Waals surface area contributed by atoms with Crippen LogP contribution in [0.15, 0.2) is 0 Å². The van der Waals surface area contributed by atoms with E-state index in [2.05, 4.69) is 15.1 Å². The minimum Gasteiger partial charge on any atom is -0.481 e. The molecule has 0 aromatic carbocycles. The summed E-state index contributed by atoms with van der Waals surface area (Å²) in [5.41, 5.74) is 0. The predicted octanol–water partition coefficient (Wildman–Crippen LogP) is 1.05. The first-order valence-corrected chi connectivity index (χ1v) is 9.84. The molecule has 0 aromatic rings. The summed E-state index contributed by atoms with van der Waals surface area (Å²) < 4.78 is 0. The third kappa shape index (κ3) is 5.07. The van der Waals surface area contributed by atoms with Crippen LogP contribution in [0.3, 0.4) is 0 Å². The van der Waals surface area contributed by atoms with Crippen LogP contribution in [0, 0.1) is 5.92 Å². The SMILES string of the molecule is O=C(O)CCN1CCC(N2CCN(CCC3CCNCC3)C2=O)CC1. The summed E-state index contributed by atoms with van der Waals surface area (Å²) in [4.78, 5) is 29.7. The highest BCUT2D eigenvalue weighted by molar-refractivity contribution is 5.76. The number of carboxylic acid groups (broad SMARTS) is 1. The first kappa shape index (κ1) is 18.5. The van der Waals surface area contributed by atoms with E-state index in [1.165, 1.54) is 12.8 Å². The van der Waals surface area contributed by atoms with Gasteiger partial charge in [-0.05, 0) is 51.1 Å². The summed E-state index contributed by atoms with van der Waals surface area (Å²) in [5.74, 6) is 0.0295. The van der Waals surface area contributed by atoms with Crippen LogP contribution in [0.5, 0.6) is 0 Å². The van der Waals surface area contributed by atoms with Gasteiger partial charge in [0.15, 0.2) is 0 Å². The van der Waals surface area contributed by atoms with Gasteiger partial charge >= 0.3 is 12.0 Å². The van der Waals surface area contributed by atoms with Crippen LogP contribution in [0.4, 0.5) is 4.79 Å². The Bertz CT molecular complexity index is 459. The van der Waals surface area contributed by atoms with Crippen molar-refractivity contribution in [1.82, 2.24) is 20.0 Å². The lowest BCUT2D eigenvalue weighted by Gasteiger charge is -2.36. The van der Waals surface area contributed by atoms with E-state index in [0.29, 0.717) is 12.6 Å². The Kier molecular flexibility index (Phi) is 6.53. The summed E-state index contributed by atoms with van der Waals surface area (Å²) in [6.07, 6.45) is 5.74. The zero-order valence-electron chi connectivity index (χ0n) is 15.2. The van der Waals surface area contributed by atoms with Gasteiger partial charge in [0.1, 0.15) is 0 Å². The third-order valence-corrected chi connectivity index (χ3v) is 6.03. The first-order valence-electron chi connectivity index (χ1n) is 9.84. The number of nitrogens with zero attached hydrogens (tertiary/aromatic N) is 3. The van der Waals surface area contributed by atoms with Crippen molar-refractivity contribution >= 4 is 12.0 Å². The Morgan fingerprint density at radius 1 is 1.04 bits per heavy atom. The zero-order chi connectivity index (χ0) is 17.6. The topological polar surface area (TPSA) is 76.1 Å². The Labute approximate surface area is 150 Å². The van der Waals surface area contributed by atoms with Gasteiger partial charge in [-0.25, -0.2) is 4.79 Å². The summed E-state index contributed by atoms with van der Waals surface area (Å²) in [5, 5.41) is 12.2. The molecule has 0 atom stereocenters. The Balaban J connectivity index is 1.39. The van der Waals surface area contributed by atoms with Gasteiger partial charge in [0.05, 0.1) is 6.42 Å². The number of hydrogen-bond acceptors (Lipinski definition) is 4. The van der Waals surface area contributed by atoms with E-state index in [0.717, 1.165) is 71.0 Å². The monoisotopic (exact) mass is 352 g/mol. The molecule has 2 amide bonds. The number of carbonyl (C=O) groups is 2. The van der Waals surface area contributed by atoms with Crippen LogP contribution in [-0.2, 0) is 4.79 Å². The quantitative estimate of drug-likeness (QED) is 0.716. The number of nitrogens with one attached hydrogen (secondary N) is 1. The highest BCUT2D eigenvalue weighted by Crippen LogP contribution is 2.23. The number of amides is 2. The second-order valence-electron chi connectivity index (χ2n) is 7.66. The van der Waals surface area contributed by atoms with Gasteiger partial charge in [-0.2, -0.15) is 0 Å². The molecule has 3 aliphatic heterocycles. The Morgan fingerprint density at radius 2 is 1.76 bits per heavy atom. The van der Waals surface area contributed by atoms with Crippen molar-refractivity contribution in [3.63, 3.8) is 0 Å². The van der Waals surface area contributed by atoms with Crippen LogP contribution >= 0.6 is 0 Å². The summed E-state index contributed by atoms with van der Waals surface area (Å²) in [7, 11) is 0. The van der Waals surface area contributed by atoms with Crippen LogP contribution < -0.4 is 5.32 Å². The fourth-order valence-electron chi connectivity index (χ4n) is 4.36. The number of piperidine rings is 2. The van der Waals surface area contributed by atoms with E-state index >= 15 is 0 Å². The van der Waals surface area contributed by atoms with Crippen LogP contribution in [0.1, 0.15) is 38.5 Å². The average molecular weight is 352 g/mol. The molecule has 0 unspecified atom stereocenters. The lowest BCUT2D eigenvalue weighted by molar-refractivity contribution is -0.137. The van der Waals surface area contributed by atoms with E-state index in [1.54, 1.807) is 0 Å². The molecule has 7 heteroatoms. The summed E-state index contributed by atoms with van der Waals surface area (Å²) in [6.45, 7) is 7.27. The van der Waals surface area contributed by atoms with Crippen molar-refractivity contribution < 1.29 is 14.7 Å². The van der Waals surface area contributed by atoms with Gasteiger partial charge < -0.3 is 25.1 Å². The molecule has 3 saturated heterocycles. The van der Waals surface area contributed by atoms with Crippen molar-refractivity contribution in [3.8, 4) is 0 Å². The number of rotatable bonds is 7. The van der Waals surface area contributed by atoms with E-state index in [4.69, 9.17) is 5.11 Å². The van der Waals surface area contributed by atoms with E-state index in [-0.39, 0.29) is 12.5 Å². The van der Waals surface area contributed by atoms with E-state index in [1.807, 2.05) is 4.90 Å². The maximum absolute atomic E-state index is 12.7. The van der Waals surface area contributed by atoms with Gasteiger partial charge in [0, 0.05) is 45.3 Å². The zero-order valence-corrected chi connectivity index (χ0v) is 15.2. The fourth-order valence-corrected chi connectivity index (χ4v) is 4.36. The van der Waals surface area contributed by atoms with Gasteiger partial charge in [-0.1, -0.05) is 0 Å². The van der Waals surface area contributed by atoms with Gasteiger partial charge in [0.25, 0.3) is 0 Å². The van der Waals surface area contributed by atoms with Crippen molar-refractivity contribution in [1.29, 1.82) is 0 Å². The molecule has 2 N–H and O–H groups in total. The second-order valence-corrected chi connectivity index (χ2v) is 7.66. The predicted molar refractivity (Wildman–Crippen MR) is 95.6 cm³/mol. The molecular formula is C18H32N4O3. The van der Waals surface area contributed by atoms with E-state index < -0.39 is 5.97 Å². The third-order valence-electron chi connectivity index (χ3n) is 6.03.